The monoisotopic (exact) mass is 306 g/mol. The summed E-state index contributed by atoms with van der Waals surface area (Å²) in [5.74, 6) is 0.0349. The van der Waals surface area contributed by atoms with E-state index in [1.54, 1.807) is 13.1 Å². The van der Waals surface area contributed by atoms with Crippen LogP contribution in [0, 0.1) is 0 Å². The molecule has 0 bridgehead atoms. The molecule has 0 saturated carbocycles. The van der Waals surface area contributed by atoms with E-state index in [0.29, 0.717) is 17.5 Å². The minimum absolute atomic E-state index is 0.0700. The van der Waals surface area contributed by atoms with Crippen molar-refractivity contribution in [3.05, 3.63) is 71.9 Å². The van der Waals surface area contributed by atoms with E-state index in [9.17, 15) is 9.90 Å². The Morgan fingerprint density at radius 3 is 2.65 bits per heavy atom. The van der Waals surface area contributed by atoms with Gasteiger partial charge in [-0.15, -0.1) is 0 Å². The lowest BCUT2D eigenvalue weighted by Crippen LogP contribution is -2.28. The highest BCUT2D eigenvalue weighted by atomic mass is 16.3. The molecule has 3 aromatic rings. The molecule has 116 valence electrons. The Kier molecular flexibility index (Phi) is 4.24. The zero-order valence-corrected chi connectivity index (χ0v) is 12.9. The molecule has 0 saturated heterocycles. The van der Waals surface area contributed by atoms with Crippen LogP contribution in [0.5, 0.6) is 5.75 Å². The number of amides is 1. The maximum absolute atomic E-state index is 11.9. The predicted molar refractivity (Wildman–Crippen MR) is 90.1 cm³/mol. The third kappa shape index (κ3) is 3.01. The Labute approximate surface area is 134 Å². The average Bonchev–Trinajstić information content (AvgIpc) is 2.61. The van der Waals surface area contributed by atoms with Gasteiger partial charge in [-0.2, -0.15) is 0 Å². The van der Waals surface area contributed by atoms with E-state index in [1.165, 1.54) is 0 Å². The van der Waals surface area contributed by atoms with Crippen molar-refractivity contribution in [3.63, 3.8) is 0 Å². The molecule has 0 aliphatic rings. The largest absolute Gasteiger partial charge is 0.505 e. The standard InChI is InChI=1S/C19H18N2O2/c1-2-16(22)21-17(13-7-4-3-5-8-13)15-11-10-14-9-6-12-20-18(14)19(15)23/h3-12,17,23H,2H2,1H3,(H,21,22)/t17-/m0/s1. The molecule has 4 nitrogen and oxygen atoms in total. The number of carbonyl (C=O) groups is 1. The van der Waals surface area contributed by atoms with E-state index in [0.717, 1.165) is 10.9 Å². The molecule has 1 aromatic heterocycles. The zero-order valence-electron chi connectivity index (χ0n) is 12.9. The minimum Gasteiger partial charge on any atom is -0.505 e. The van der Waals surface area contributed by atoms with E-state index >= 15 is 0 Å². The fraction of sp³-hybridized carbons (Fsp3) is 0.158. The second-order valence-corrected chi connectivity index (χ2v) is 5.34. The summed E-state index contributed by atoms with van der Waals surface area (Å²) >= 11 is 0. The molecule has 3 rings (SSSR count). The van der Waals surface area contributed by atoms with Gasteiger partial charge in [-0.3, -0.25) is 9.78 Å². The summed E-state index contributed by atoms with van der Waals surface area (Å²) in [5, 5.41) is 14.5. The molecule has 1 heterocycles. The molecule has 2 aromatic carbocycles. The first-order valence-electron chi connectivity index (χ1n) is 7.61. The molecule has 0 fully saturated rings. The van der Waals surface area contributed by atoms with Gasteiger partial charge >= 0.3 is 0 Å². The maximum atomic E-state index is 11.9. The highest BCUT2D eigenvalue weighted by molar-refractivity contribution is 5.86. The molecule has 4 heteroatoms. The van der Waals surface area contributed by atoms with E-state index in [1.807, 2.05) is 54.6 Å². The van der Waals surface area contributed by atoms with Crippen LogP contribution in [0.2, 0.25) is 0 Å². The Morgan fingerprint density at radius 1 is 1.13 bits per heavy atom. The Bertz CT molecular complexity index is 831. The van der Waals surface area contributed by atoms with Gasteiger partial charge in [0.1, 0.15) is 11.3 Å². The summed E-state index contributed by atoms with van der Waals surface area (Å²) in [6.45, 7) is 1.80. The fourth-order valence-electron chi connectivity index (χ4n) is 2.63. The van der Waals surface area contributed by atoms with Crippen molar-refractivity contribution in [1.82, 2.24) is 10.3 Å². The number of hydrogen-bond acceptors (Lipinski definition) is 3. The SMILES string of the molecule is CCC(=O)N[C@@H](c1ccccc1)c1ccc2cccnc2c1O. The van der Waals surface area contributed by atoms with Crippen LogP contribution in [0.15, 0.2) is 60.8 Å². The van der Waals surface area contributed by atoms with E-state index < -0.39 is 6.04 Å². The van der Waals surface area contributed by atoms with Crippen LogP contribution in [0.25, 0.3) is 10.9 Å². The van der Waals surface area contributed by atoms with Gasteiger partial charge in [0.2, 0.25) is 5.91 Å². The van der Waals surface area contributed by atoms with Gasteiger partial charge in [0.25, 0.3) is 0 Å². The van der Waals surface area contributed by atoms with Gasteiger partial charge in [-0.05, 0) is 11.6 Å². The molecule has 1 amide bonds. The van der Waals surface area contributed by atoms with Crippen molar-refractivity contribution < 1.29 is 9.90 Å². The van der Waals surface area contributed by atoms with Gasteiger partial charge in [0.15, 0.2) is 0 Å². The van der Waals surface area contributed by atoms with Crippen molar-refractivity contribution in [2.45, 2.75) is 19.4 Å². The number of nitrogens with zero attached hydrogens (tertiary/aromatic N) is 1. The number of fused-ring (bicyclic) bond motifs is 1. The zero-order chi connectivity index (χ0) is 16.2. The van der Waals surface area contributed by atoms with Gasteiger partial charge in [0.05, 0.1) is 6.04 Å². The molecule has 0 unspecified atom stereocenters. The second kappa shape index (κ2) is 6.48. The Balaban J connectivity index is 2.13. The van der Waals surface area contributed by atoms with E-state index in [2.05, 4.69) is 10.3 Å². The second-order valence-electron chi connectivity index (χ2n) is 5.34. The van der Waals surface area contributed by atoms with Gasteiger partial charge in [0, 0.05) is 23.6 Å². The number of carbonyl (C=O) groups excluding carboxylic acids is 1. The lowest BCUT2D eigenvalue weighted by molar-refractivity contribution is -0.121. The quantitative estimate of drug-likeness (QED) is 0.775. The average molecular weight is 306 g/mol. The number of benzene rings is 2. The van der Waals surface area contributed by atoms with Crippen molar-refractivity contribution in [3.8, 4) is 5.75 Å². The van der Waals surface area contributed by atoms with Crippen LogP contribution in [0.1, 0.15) is 30.5 Å². The summed E-state index contributed by atoms with van der Waals surface area (Å²) in [6, 6.07) is 16.7. The van der Waals surface area contributed by atoms with Crippen molar-refractivity contribution in [1.29, 1.82) is 0 Å². The van der Waals surface area contributed by atoms with Crippen LogP contribution in [0.3, 0.4) is 0 Å². The summed E-state index contributed by atoms with van der Waals surface area (Å²) in [7, 11) is 0. The summed E-state index contributed by atoms with van der Waals surface area (Å²) in [5.41, 5.74) is 2.10. The Hall–Kier alpha value is -2.88. The number of pyridine rings is 1. The number of rotatable bonds is 4. The summed E-state index contributed by atoms with van der Waals surface area (Å²) in [4.78, 5) is 16.2. The third-order valence-electron chi connectivity index (χ3n) is 3.85. The van der Waals surface area contributed by atoms with Gasteiger partial charge in [-0.1, -0.05) is 55.5 Å². The molecular formula is C19H18N2O2. The fourth-order valence-corrected chi connectivity index (χ4v) is 2.63. The molecule has 1 atom stereocenters. The number of aromatic nitrogens is 1. The van der Waals surface area contributed by atoms with Crippen LogP contribution in [-0.4, -0.2) is 16.0 Å². The number of hydrogen-bond donors (Lipinski definition) is 2. The lowest BCUT2D eigenvalue weighted by atomic mass is 9.96. The normalized spacial score (nSPS) is 12.0. The highest BCUT2D eigenvalue weighted by Crippen LogP contribution is 2.34. The molecule has 0 aliphatic heterocycles. The number of aromatic hydroxyl groups is 1. The van der Waals surface area contributed by atoms with E-state index in [-0.39, 0.29) is 11.7 Å². The molecule has 0 spiro atoms. The van der Waals surface area contributed by atoms with Crippen LogP contribution >= 0.6 is 0 Å². The summed E-state index contributed by atoms with van der Waals surface area (Å²) < 4.78 is 0. The van der Waals surface area contributed by atoms with Crippen LogP contribution in [0.4, 0.5) is 0 Å². The van der Waals surface area contributed by atoms with Crippen LogP contribution < -0.4 is 5.32 Å². The number of phenolic OH excluding ortho intramolecular Hbond substituents is 1. The minimum atomic E-state index is -0.407. The molecule has 23 heavy (non-hydrogen) atoms. The third-order valence-corrected chi connectivity index (χ3v) is 3.85. The van der Waals surface area contributed by atoms with Crippen molar-refractivity contribution in [2.75, 3.05) is 0 Å². The topological polar surface area (TPSA) is 62.2 Å². The molecule has 0 radical (unpaired) electrons. The molecule has 0 aliphatic carbocycles. The van der Waals surface area contributed by atoms with Crippen molar-refractivity contribution in [2.24, 2.45) is 0 Å². The number of phenols is 1. The highest BCUT2D eigenvalue weighted by Gasteiger charge is 2.21. The first kappa shape index (κ1) is 15.0. The number of nitrogens with one attached hydrogen (secondary N) is 1. The molecular weight excluding hydrogens is 288 g/mol. The van der Waals surface area contributed by atoms with Gasteiger partial charge < -0.3 is 10.4 Å². The van der Waals surface area contributed by atoms with Crippen molar-refractivity contribution >= 4 is 16.8 Å². The Morgan fingerprint density at radius 2 is 1.91 bits per heavy atom. The first-order valence-corrected chi connectivity index (χ1v) is 7.61. The lowest BCUT2D eigenvalue weighted by Gasteiger charge is -2.21. The first-order chi connectivity index (χ1) is 11.2. The maximum Gasteiger partial charge on any atom is 0.220 e. The summed E-state index contributed by atoms with van der Waals surface area (Å²) in [6.07, 6.45) is 2.03. The van der Waals surface area contributed by atoms with Gasteiger partial charge in [-0.25, -0.2) is 0 Å². The van der Waals surface area contributed by atoms with Crippen LogP contribution in [-0.2, 0) is 4.79 Å². The predicted octanol–water partition coefficient (Wildman–Crippen LogP) is 3.56. The smallest absolute Gasteiger partial charge is 0.220 e. The molecule has 2 N–H and O–H groups in total. The van der Waals surface area contributed by atoms with E-state index in [4.69, 9.17) is 0 Å².